The summed E-state index contributed by atoms with van der Waals surface area (Å²) in [7, 11) is 6.86. The van der Waals surface area contributed by atoms with Gasteiger partial charge in [0.15, 0.2) is 20.8 Å². The van der Waals surface area contributed by atoms with Crippen LogP contribution < -0.4 is 11.1 Å². The summed E-state index contributed by atoms with van der Waals surface area (Å²) in [5.41, 5.74) is 1.59. The number of nitrogens with one attached hydrogen (secondary N) is 2. The van der Waals surface area contributed by atoms with Crippen LogP contribution in [0, 0.1) is 9.54 Å². The van der Waals surface area contributed by atoms with Crippen molar-refractivity contribution < 1.29 is 0 Å². The quantitative estimate of drug-likeness (QED) is 0.468. The Morgan fingerprint density at radius 3 is 1.48 bits per heavy atom. The van der Waals surface area contributed by atoms with Crippen molar-refractivity contribution in [2.75, 3.05) is 0 Å². The molecule has 4 aromatic heterocycles. The standard InChI is InChI=1S/C17H20N8O2S2/c1-22-12-10(14(26)24(3)16(22)28)18-8(20-12)6-5-7-9-19-11-13(21-9)23(2)17(29)25(4)15(11)27/h5-7H2,1-4H3,(H,18,20)(H,19,21). The predicted molar refractivity (Wildman–Crippen MR) is 114 cm³/mol. The molecule has 0 aliphatic carbocycles. The van der Waals surface area contributed by atoms with Crippen LogP contribution in [0.1, 0.15) is 18.1 Å². The normalized spacial score (nSPS) is 11.7. The molecule has 12 heteroatoms. The number of aryl methyl sites for hydroxylation is 4. The Labute approximate surface area is 174 Å². The van der Waals surface area contributed by atoms with Gasteiger partial charge >= 0.3 is 0 Å². The summed E-state index contributed by atoms with van der Waals surface area (Å²) >= 11 is 10.5. The Morgan fingerprint density at radius 1 is 0.724 bits per heavy atom. The van der Waals surface area contributed by atoms with Crippen molar-refractivity contribution in [3.8, 4) is 0 Å². The molecule has 0 radical (unpaired) electrons. The first-order valence-electron chi connectivity index (χ1n) is 9.00. The molecule has 4 aromatic rings. The predicted octanol–water partition coefficient (Wildman–Crippen LogP) is 1.15. The van der Waals surface area contributed by atoms with Gasteiger partial charge in [0.1, 0.15) is 22.7 Å². The fraction of sp³-hybridized carbons (Fsp3) is 0.412. The maximum atomic E-state index is 12.4. The second-order valence-electron chi connectivity index (χ2n) is 7.03. The highest BCUT2D eigenvalue weighted by Crippen LogP contribution is 2.12. The lowest BCUT2D eigenvalue weighted by atomic mass is 10.2. The molecule has 0 spiro atoms. The maximum absolute atomic E-state index is 12.4. The van der Waals surface area contributed by atoms with E-state index in [-0.39, 0.29) is 11.1 Å². The van der Waals surface area contributed by atoms with Crippen molar-refractivity contribution in [3.63, 3.8) is 0 Å². The highest BCUT2D eigenvalue weighted by atomic mass is 32.1. The smallest absolute Gasteiger partial charge is 0.280 e. The van der Waals surface area contributed by atoms with Crippen LogP contribution in [0.25, 0.3) is 22.3 Å². The third kappa shape index (κ3) is 2.99. The molecule has 0 aliphatic heterocycles. The molecule has 4 heterocycles. The molecule has 4 rings (SSSR count). The Kier molecular flexibility index (Phi) is 4.62. The summed E-state index contributed by atoms with van der Waals surface area (Å²) < 4.78 is 7.10. The molecule has 10 nitrogen and oxygen atoms in total. The van der Waals surface area contributed by atoms with E-state index >= 15 is 0 Å². The molecule has 0 aliphatic rings. The van der Waals surface area contributed by atoms with Gasteiger partial charge in [-0.15, -0.1) is 0 Å². The molecule has 0 atom stereocenters. The molecule has 2 N–H and O–H groups in total. The van der Waals surface area contributed by atoms with Crippen molar-refractivity contribution in [3.05, 3.63) is 41.9 Å². The van der Waals surface area contributed by atoms with E-state index in [1.165, 1.54) is 9.13 Å². The van der Waals surface area contributed by atoms with Crippen LogP contribution in [0.15, 0.2) is 9.59 Å². The fourth-order valence-electron chi connectivity index (χ4n) is 3.41. The topological polar surface area (TPSA) is 111 Å². The minimum atomic E-state index is -0.192. The van der Waals surface area contributed by atoms with E-state index in [4.69, 9.17) is 24.4 Å². The van der Waals surface area contributed by atoms with E-state index in [2.05, 4.69) is 19.9 Å². The van der Waals surface area contributed by atoms with Crippen LogP contribution in [0.3, 0.4) is 0 Å². The highest BCUT2D eigenvalue weighted by Gasteiger charge is 2.14. The molecule has 0 amide bonds. The second kappa shape index (κ2) is 6.88. The first kappa shape index (κ1) is 19.5. The Balaban J connectivity index is 1.60. The van der Waals surface area contributed by atoms with Crippen molar-refractivity contribution >= 4 is 46.8 Å². The third-order valence-corrected chi connectivity index (χ3v) is 6.21. The Bertz CT molecular complexity index is 1400. The molecule has 0 aromatic carbocycles. The monoisotopic (exact) mass is 432 g/mol. The average Bonchev–Trinajstić information content (AvgIpc) is 3.32. The van der Waals surface area contributed by atoms with Gasteiger partial charge in [-0.3, -0.25) is 18.7 Å². The van der Waals surface area contributed by atoms with Gasteiger partial charge in [0.2, 0.25) is 0 Å². The zero-order valence-corrected chi connectivity index (χ0v) is 18.1. The van der Waals surface area contributed by atoms with Crippen molar-refractivity contribution in [2.24, 2.45) is 28.2 Å². The fourth-order valence-corrected chi connectivity index (χ4v) is 3.75. The molecular weight excluding hydrogens is 412 g/mol. The number of hydrogen-bond acceptors (Lipinski definition) is 6. The number of aromatic nitrogens is 8. The number of fused-ring (bicyclic) bond motifs is 2. The van der Waals surface area contributed by atoms with Crippen LogP contribution in [0.4, 0.5) is 0 Å². The lowest BCUT2D eigenvalue weighted by molar-refractivity contribution is 0.738. The summed E-state index contributed by atoms with van der Waals surface area (Å²) in [5.74, 6) is 1.41. The first-order valence-corrected chi connectivity index (χ1v) is 9.81. The summed E-state index contributed by atoms with van der Waals surface area (Å²) in [5, 5.41) is 0. The molecule has 0 bridgehead atoms. The van der Waals surface area contributed by atoms with Gasteiger partial charge in [-0.25, -0.2) is 9.97 Å². The number of aromatic amines is 2. The van der Waals surface area contributed by atoms with Crippen molar-refractivity contribution in [1.82, 2.24) is 38.2 Å². The SMILES string of the molecule is Cn1c(=O)c2[nH]c(CCCc3nc4c([nH]3)c(=O)n(C)c(=S)n4C)nc2n(C)c1=S. The van der Waals surface area contributed by atoms with Gasteiger partial charge in [-0.1, -0.05) is 0 Å². The summed E-state index contributed by atoms with van der Waals surface area (Å²) in [6.45, 7) is 0. The van der Waals surface area contributed by atoms with Gasteiger partial charge < -0.3 is 19.1 Å². The Morgan fingerprint density at radius 2 is 1.10 bits per heavy atom. The molecule has 0 fully saturated rings. The number of hydrogen-bond donors (Lipinski definition) is 2. The molecule has 0 saturated carbocycles. The van der Waals surface area contributed by atoms with Crippen LogP contribution in [0.5, 0.6) is 0 Å². The second-order valence-corrected chi connectivity index (χ2v) is 7.76. The molecule has 0 unspecified atom stereocenters. The van der Waals surface area contributed by atoms with Gasteiger partial charge in [0, 0.05) is 41.0 Å². The van der Waals surface area contributed by atoms with Gasteiger partial charge in [-0.2, -0.15) is 0 Å². The van der Waals surface area contributed by atoms with E-state index < -0.39 is 0 Å². The maximum Gasteiger partial charge on any atom is 0.280 e. The largest absolute Gasteiger partial charge is 0.336 e. The minimum Gasteiger partial charge on any atom is -0.336 e. The third-order valence-electron chi connectivity index (χ3n) is 5.11. The van der Waals surface area contributed by atoms with E-state index in [0.717, 1.165) is 6.42 Å². The van der Waals surface area contributed by atoms with Crippen molar-refractivity contribution in [2.45, 2.75) is 19.3 Å². The van der Waals surface area contributed by atoms with E-state index in [9.17, 15) is 9.59 Å². The van der Waals surface area contributed by atoms with Gasteiger partial charge in [0.05, 0.1) is 0 Å². The van der Waals surface area contributed by atoms with E-state index in [1.54, 1.807) is 37.3 Å². The van der Waals surface area contributed by atoms with E-state index in [1.807, 2.05) is 0 Å². The van der Waals surface area contributed by atoms with Crippen LogP contribution in [-0.2, 0) is 41.0 Å². The van der Waals surface area contributed by atoms with Gasteiger partial charge in [0.25, 0.3) is 11.1 Å². The van der Waals surface area contributed by atoms with Gasteiger partial charge in [-0.05, 0) is 30.9 Å². The van der Waals surface area contributed by atoms with Crippen molar-refractivity contribution in [1.29, 1.82) is 0 Å². The molecule has 0 saturated heterocycles. The summed E-state index contributed by atoms with van der Waals surface area (Å²) in [6, 6.07) is 0. The van der Waals surface area contributed by atoms with Crippen LogP contribution >= 0.6 is 24.4 Å². The first-order chi connectivity index (χ1) is 13.7. The minimum absolute atomic E-state index is 0.192. The zero-order valence-electron chi connectivity index (χ0n) is 16.4. The number of imidazole rings is 2. The molecular formula is C17H20N8O2S2. The van der Waals surface area contributed by atoms with Crippen LogP contribution in [-0.4, -0.2) is 38.2 Å². The number of nitrogens with zero attached hydrogens (tertiary/aromatic N) is 6. The zero-order chi connectivity index (χ0) is 21.0. The average molecular weight is 433 g/mol. The Hall–Kier alpha value is -2.86. The number of H-pyrrole nitrogens is 2. The lowest BCUT2D eigenvalue weighted by Gasteiger charge is -2.03. The summed E-state index contributed by atoms with van der Waals surface area (Å²) in [6.07, 6.45) is 1.98. The number of rotatable bonds is 4. The lowest BCUT2D eigenvalue weighted by Crippen LogP contribution is -2.21. The summed E-state index contributed by atoms with van der Waals surface area (Å²) in [4.78, 5) is 40.0. The molecule has 29 heavy (non-hydrogen) atoms. The van der Waals surface area contributed by atoms with E-state index in [0.29, 0.717) is 56.4 Å². The highest BCUT2D eigenvalue weighted by molar-refractivity contribution is 7.71. The molecule has 152 valence electrons. The van der Waals surface area contributed by atoms with Crippen LogP contribution in [0.2, 0.25) is 0 Å².